The third kappa shape index (κ3) is 5.84. The highest BCUT2D eigenvalue weighted by atomic mass is 31.2. The Morgan fingerprint density at radius 3 is 2.23 bits per heavy atom. The third-order valence-corrected chi connectivity index (χ3v) is 6.72. The standard InChI is InChI=1S/C15H30O9P2/c1-10(2)21-25(16,17)23-13-7-6-8-15(9-12(5)20-14(13)15)24-26(18,19)22-11(3)4/h10-14H,6-9H2,1-5H3,(H,16,17)(H,18,19)/t12-,13-,14-,15+/m0/s1. The highest BCUT2D eigenvalue weighted by Crippen LogP contribution is 2.58. The van der Waals surface area contributed by atoms with Gasteiger partial charge in [-0.05, 0) is 53.9 Å². The number of phosphoric acid groups is 2. The largest absolute Gasteiger partial charge is 0.473 e. The van der Waals surface area contributed by atoms with Crippen LogP contribution in [0.2, 0.25) is 0 Å². The second-order valence-electron chi connectivity index (χ2n) is 7.51. The van der Waals surface area contributed by atoms with Crippen LogP contribution in [0, 0.1) is 0 Å². The zero-order valence-electron chi connectivity index (χ0n) is 15.9. The average molecular weight is 416 g/mol. The van der Waals surface area contributed by atoms with E-state index in [2.05, 4.69) is 0 Å². The van der Waals surface area contributed by atoms with Crippen LogP contribution >= 0.6 is 15.6 Å². The summed E-state index contributed by atoms with van der Waals surface area (Å²) in [5.41, 5.74) is -1.11. The Kier molecular flexibility index (Phi) is 7.15. The van der Waals surface area contributed by atoms with Crippen LogP contribution in [0.4, 0.5) is 0 Å². The number of fused-ring (bicyclic) bond motifs is 1. The lowest BCUT2D eigenvalue weighted by Crippen LogP contribution is -2.51. The van der Waals surface area contributed by atoms with Gasteiger partial charge in [0.15, 0.2) is 0 Å². The van der Waals surface area contributed by atoms with Crippen molar-refractivity contribution >= 4 is 15.6 Å². The van der Waals surface area contributed by atoms with Crippen molar-refractivity contribution < 1.29 is 41.7 Å². The summed E-state index contributed by atoms with van der Waals surface area (Å²) in [5, 5.41) is 0. The van der Waals surface area contributed by atoms with Crippen LogP contribution in [0.3, 0.4) is 0 Å². The maximum absolute atomic E-state index is 12.4. The van der Waals surface area contributed by atoms with Crippen molar-refractivity contribution in [1.82, 2.24) is 0 Å². The second-order valence-corrected chi connectivity index (χ2v) is 10.2. The Morgan fingerprint density at radius 2 is 1.65 bits per heavy atom. The van der Waals surface area contributed by atoms with Crippen molar-refractivity contribution in [2.75, 3.05) is 0 Å². The highest BCUT2D eigenvalue weighted by molar-refractivity contribution is 7.47. The minimum absolute atomic E-state index is 0.257. The lowest BCUT2D eigenvalue weighted by atomic mass is 9.79. The van der Waals surface area contributed by atoms with E-state index in [0.29, 0.717) is 25.7 Å². The van der Waals surface area contributed by atoms with Crippen LogP contribution in [0.1, 0.15) is 60.3 Å². The zero-order valence-corrected chi connectivity index (χ0v) is 17.7. The molecule has 0 bridgehead atoms. The molecule has 6 atom stereocenters. The van der Waals surface area contributed by atoms with E-state index >= 15 is 0 Å². The number of hydrogen-bond donors (Lipinski definition) is 2. The Morgan fingerprint density at radius 1 is 1.08 bits per heavy atom. The molecule has 11 heteroatoms. The monoisotopic (exact) mass is 416 g/mol. The maximum Gasteiger partial charge on any atom is 0.473 e. The van der Waals surface area contributed by atoms with Crippen molar-refractivity contribution in [2.45, 2.75) is 96.4 Å². The Hall–Kier alpha value is 0.180. The molecule has 1 saturated heterocycles. The van der Waals surface area contributed by atoms with E-state index in [-0.39, 0.29) is 6.10 Å². The Bertz CT molecular complexity index is 581. The molecule has 154 valence electrons. The van der Waals surface area contributed by atoms with Gasteiger partial charge in [-0.25, -0.2) is 9.13 Å². The summed E-state index contributed by atoms with van der Waals surface area (Å²) in [6, 6.07) is 0. The van der Waals surface area contributed by atoms with Crippen molar-refractivity contribution in [3.8, 4) is 0 Å². The topological polar surface area (TPSA) is 121 Å². The summed E-state index contributed by atoms with van der Waals surface area (Å²) in [4.78, 5) is 20.0. The summed E-state index contributed by atoms with van der Waals surface area (Å²) in [6.07, 6.45) is -0.924. The lowest BCUT2D eigenvalue weighted by Gasteiger charge is -2.42. The molecule has 0 aromatic rings. The van der Waals surface area contributed by atoms with Crippen molar-refractivity contribution in [1.29, 1.82) is 0 Å². The van der Waals surface area contributed by atoms with Gasteiger partial charge in [0.05, 0.1) is 24.4 Å². The molecule has 2 rings (SSSR count). The number of phosphoric ester groups is 2. The van der Waals surface area contributed by atoms with Crippen LogP contribution in [0.25, 0.3) is 0 Å². The zero-order chi connectivity index (χ0) is 19.8. The predicted octanol–water partition coefficient (Wildman–Crippen LogP) is 3.54. The van der Waals surface area contributed by atoms with Gasteiger partial charge in [0, 0.05) is 6.42 Å². The summed E-state index contributed by atoms with van der Waals surface area (Å²) in [7, 11) is -8.61. The first kappa shape index (κ1) is 22.5. The molecule has 2 aliphatic rings. The summed E-state index contributed by atoms with van der Waals surface area (Å²) in [6.45, 7) is 8.33. The molecule has 26 heavy (non-hydrogen) atoms. The molecule has 0 amide bonds. The van der Waals surface area contributed by atoms with Crippen molar-refractivity contribution in [3.05, 3.63) is 0 Å². The molecule has 1 heterocycles. The lowest BCUT2D eigenvalue weighted by molar-refractivity contribution is -0.125. The van der Waals surface area contributed by atoms with Crippen molar-refractivity contribution in [3.63, 3.8) is 0 Å². The van der Waals surface area contributed by atoms with Crippen LogP contribution in [0.5, 0.6) is 0 Å². The Balaban J connectivity index is 2.20. The SMILES string of the molecule is CC(C)OP(=O)(O)O[C@H]1CCC[C@@]2(OP(=O)(O)OC(C)C)C[C@H](C)O[C@@H]12. The van der Waals surface area contributed by atoms with Gasteiger partial charge < -0.3 is 14.5 Å². The molecular weight excluding hydrogens is 386 g/mol. The van der Waals surface area contributed by atoms with E-state index in [4.69, 9.17) is 22.8 Å². The highest BCUT2D eigenvalue weighted by Gasteiger charge is 2.58. The van der Waals surface area contributed by atoms with Gasteiger partial charge in [0.1, 0.15) is 11.7 Å². The second kappa shape index (κ2) is 8.27. The molecule has 2 N–H and O–H groups in total. The van der Waals surface area contributed by atoms with Gasteiger partial charge in [-0.1, -0.05) is 0 Å². The summed E-state index contributed by atoms with van der Waals surface area (Å²) >= 11 is 0. The first-order chi connectivity index (χ1) is 11.8. The predicted molar refractivity (Wildman–Crippen MR) is 93.6 cm³/mol. The van der Waals surface area contributed by atoms with E-state index in [1.54, 1.807) is 27.7 Å². The number of hydrogen-bond acceptors (Lipinski definition) is 7. The van der Waals surface area contributed by atoms with Gasteiger partial charge in [-0.2, -0.15) is 0 Å². The molecule has 0 spiro atoms. The molecule has 1 aliphatic carbocycles. The van der Waals surface area contributed by atoms with Gasteiger partial charge in [-0.3, -0.25) is 18.1 Å². The molecule has 1 saturated carbocycles. The van der Waals surface area contributed by atoms with E-state index < -0.39 is 45.7 Å². The quantitative estimate of drug-likeness (QED) is 0.572. The van der Waals surface area contributed by atoms with Gasteiger partial charge in [0.2, 0.25) is 0 Å². The molecule has 1 aliphatic heterocycles. The molecule has 0 radical (unpaired) electrons. The summed E-state index contributed by atoms with van der Waals surface area (Å²) < 4.78 is 51.3. The van der Waals surface area contributed by atoms with Crippen LogP contribution in [-0.2, 0) is 32.0 Å². The minimum atomic E-state index is -4.32. The normalized spacial score (nSPS) is 36.7. The first-order valence-corrected chi connectivity index (χ1v) is 11.9. The first-order valence-electron chi connectivity index (χ1n) is 8.91. The molecule has 9 nitrogen and oxygen atoms in total. The average Bonchev–Trinajstić information content (AvgIpc) is 2.70. The maximum atomic E-state index is 12.4. The van der Waals surface area contributed by atoms with E-state index in [1.807, 2.05) is 6.92 Å². The molecule has 2 fully saturated rings. The number of ether oxygens (including phenoxy) is 1. The molecular formula is C15H30O9P2. The molecule has 2 unspecified atom stereocenters. The van der Waals surface area contributed by atoms with Gasteiger partial charge >= 0.3 is 15.6 Å². The van der Waals surface area contributed by atoms with Crippen LogP contribution < -0.4 is 0 Å². The number of rotatable bonds is 8. The van der Waals surface area contributed by atoms with E-state index in [1.165, 1.54) is 0 Å². The Labute approximate surface area is 154 Å². The van der Waals surface area contributed by atoms with Gasteiger partial charge in [0.25, 0.3) is 0 Å². The smallest absolute Gasteiger partial charge is 0.369 e. The van der Waals surface area contributed by atoms with E-state index in [9.17, 15) is 18.9 Å². The van der Waals surface area contributed by atoms with Crippen LogP contribution in [-0.4, -0.2) is 45.9 Å². The fourth-order valence-electron chi connectivity index (χ4n) is 3.67. The van der Waals surface area contributed by atoms with Crippen molar-refractivity contribution in [2.24, 2.45) is 0 Å². The fourth-order valence-corrected chi connectivity index (χ4v) is 6.12. The van der Waals surface area contributed by atoms with E-state index in [0.717, 1.165) is 0 Å². The third-order valence-electron chi connectivity index (χ3n) is 4.21. The van der Waals surface area contributed by atoms with Gasteiger partial charge in [-0.15, -0.1) is 0 Å². The van der Waals surface area contributed by atoms with Crippen LogP contribution in [0.15, 0.2) is 0 Å². The summed E-state index contributed by atoms with van der Waals surface area (Å²) in [5.74, 6) is 0. The molecule has 0 aromatic carbocycles. The molecule has 0 aromatic heterocycles. The fraction of sp³-hybridized carbons (Fsp3) is 1.00. The minimum Gasteiger partial charge on any atom is -0.369 e.